The maximum Gasteiger partial charge on any atom is 0.261 e. The number of fused-ring (bicyclic) bond motifs is 1. The molecule has 0 saturated heterocycles. The van der Waals surface area contributed by atoms with Crippen LogP contribution in [0.4, 0.5) is 0 Å². The lowest BCUT2D eigenvalue weighted by atomic mass is 10.2. The number of sulfone groups is 1. The third kappa shape index (κ3) is 3.13. The Bertz CT molecular complexity index is 768. The Hall–Kier alpha value is -1.40. The summed E-state index contributed by atoms with van der Waals surface area (Å²) in [7, 11) is -3.15. The van der Waals surface area contributed by atoms with Crippen LogP contribution in [0.3, 0.4) is 0 Å². The molecule has 0 bridgehead atoms. The van der Waals surface area contributed by atoms with Crippen molar-refractivity contribution in [3.05, 3.63) is 40.4 Å². The summed E-state index contributed by atoms with van der Waals surface area (Å²) < 4.78 is 23.8. The maximum absolute atomic E-state index is 12.3. The second-order valence-electron chi connectivity index (χ2n) is 4.27. The SMILES string of the molecule is CS(=O)(=O)CCn1c(CCl)nc2ccccc2c1=O. The van der Waals surface area contributed by atoms with Crippen LogP contribution in [0.15, 0.2) is 29.1 Å². The molecule has 1 aromatic heterocycles. The minimum absolute atomic E-state index is 0.0594. The first-order valence-corrected chi connectivity index (χ1v) is 8.24. The molecule has 2 aromatic rings. The highest BCUT2D eigenvalue weighted by molar-refractivity contribution is 7.90. The van der Waals surface area contributed by atoms with Gasteiger partial charge in [-0.15, -0.1) is 11.6 Å². The van der Waals surface area contributed by atoms with Gasteiger partial charge in [-0.1, -0.05) is 12.1 Å². The molecule has 19 heavy (non-hydrogen) atoms. The van der Waals surface area contributed by atoms with Crippen molar-refractivity contribution in [3.8, 4) is 0 Å². The van der Waals surface area contributed by atoms with E-state index in [4.69, 9.17) is 11.6 Å². The Balaban J connectivity index is 2.58. The van der Waals surface area contributed by atoms with Gasteiger partial charge < -0.3 is 0 Å². The van der Waals surface area contributed by atoms with Gasteiger partial charge in [0, 0.05) is 12.8 Å². The molecule has 5 nitrogen and oxygen atoms in total. The van der Waals surface area contributed by atoms with Crippen molar-refractivity contribution in [1.82, 2.24) is 9.55 Å². The molecule has 0 atom stereocenters. The molecule has 0 saturated carbocycles. The average molecular weight is 301 g/mol. The van der Waals surface area contributed by atoms with Gasteiger partial charge in [0.15, 0.2) is 0 Å². The van der Waals surface area contributed by atoms with E-state index >= 15 is 0 Å². The number of alkyl halides is 1. The zero-order valence-electron chi connectivity index (χ0n) is 10.3. The van der Waals surface area contributed by atoms with Crippen LogP contribution in [0.1, 0.15) is 5.82 Å². The number of rotatable bonds is 4. The third-order valence-electron chi connectivity index (χ3n) is 2.75. The summed E-state index contributed by atoms with van der Waals surface area (Å²) in [5.41, 5.74) is 0.309. The fourth-order valence-corrected chi connectivity index (χ4v) is 2.52. The van der Waals surface area contributed by atoms with E-state index in [1.807, 2.05) is 0 Å². The average Bonchev–Trinajstić information content (AvgIpc) is 2.36. The smallest absolute Gasteiger partial charge is 0.261 e. The lowest BCUT2D eigenvalue weighted by molar-refractivity contribution is 0.589. The van der Waals surface area contributed by atoms with Crippen LogP contribution in [0.5, 0.6) is 0 Å². The highest BCUT2D eigenvalue weighted by atomic mass is 35.5. The van der Waals surface area contributed by atoms with Crippen molar-refractivity contribution < 1.29 is 8.42 Å². The maximum atomic E-state index is 12.3. The molecule has 2 rings (SSSR count). The largest absolute Gasteiger partial charge is 0.294 e. The van der Waals surface area contributed by atoms with E-state index in [1.165, 1.54) is 4.57 Å². The van der Waals surface area contributed by atoms with Gasteiger partial charge in [-0.2, -0.15) is 0 Å². The first-order valence-electron chi connectivity index (χ1n) is 5.64. The van der Waals surface area contributed by atoms with E-state index in [0.29, 0.717) is 16.7 Å². The Morgan fingerprint density at radius 1 is 1.32 bits per heavy atom. The molecular weight excluding hydrogens is 288 g/mol. The number of hydrogen-bond donors (Lipinski definition) is 0. The number of nitrogens with zero attached hydrogens (tertiary/aromatic N) is 2. The molecule has 1 heterocycles. The predicted octanol–water partition coefficient (Wildman–Crippen LogP) is 1.18. The second-order valence-corrected chi connectivity index (χ2v) is 6.79. The molecule has 0 spiro atoms. The van der Waals surface area contributed by atoms with Crippen LogP contribution in [0, 0.1) is 0 Å². The molecule has 0 aliphatic heterocycles. The van der Waals surface area contributed by atoms with Crippen LogP contribution >= 0.6 is 11.6 Å². The van der Waals surface area contributed by atoms with Gasteiger partial charge in [-0.25, -0.2) is 13.4 Å². The molecule has 0 unspecified atom stereocenters. The van der Waals surface area contributed by atoms with Gasteiger partial charge in [-0.3, -0.25) is 9.36 Å². The first kappa shape index (κ1) is 14.0. The van der Waals surface area contributed by atoms with Crippen LogP contribution in [0.2, 0.25) is 0 Å². The van der Waals surface area contributed by atoms with E-state index in [2.05, 4.69) is 4.98 Å². The monoisotopic (exact) mass is 300 g/mol. The van der Waals surface area contributed by atoms with Crippen LogP contribution in [-0.4, -0.2) is 30.0 Å². The highest BCUT2D eigenvalue weighted by Crippen LogP contribution is 2.09. The van der Waals surface area contributed by atoms with Gasteiger partial charge >= 0.3 is 0 Å². The lowest BCUT2D eigenvalue weighted by Gasteiger charge is -2.11. The van der Waals surface area contributed by atoms with Gasteiger partial charge in [0.05, 0.1) is 22.5 Å². The van der Waals surface area contributed by atoms with Crippen molar-refractivity contribution >= 4 is 32.3 Å². The van der Waals surface area contributed by atoms with E-state index in [0.717, 1.165) is 6.26 Å². The second kappa shape index (κ2) is 5.30. The molecule has 0 fully saturated rings. The van der Waals surface area contributed by atoms with E-state index in [9.17, 15) is 13.2 Å². The van der Waals surface area contributed by atoms with Crippen molar-refractivity contribution in [2.45, 2.75) is 12.4 Å². The van der Waals surface area contributed by atoms with Crippen molar-refractivity contribution in [3.63, 3.8) is 0 Å². The zero-order chi connectivity index (χ0) is 14.0. The minimum atomic E-state index is -3.15. The Labute approximate surface area is 115 Å². The normalized spacial score (nSPS) is 11.9. The van der Waals surface area contributed by atoms with E-state index in [1.54, 1.807) is 24.3 Å². The molecule has 0 radical (unpaired) electrons. The lowest BCUT2D eigenvalue weighted by Crippen LogP contribution is -2.27. The number of para-hydroxylation sites is 1. The molecule has 7 heteroatoms. The Kier molecular flexibility index (Phi) is 3.91. The van der Waals surface area contributed by atoms with Crippen LogP contribution < -0.4 is 5.56 Å². The number of aromatic nitrogens is 2. The summed E-state index contributed by atoms with van der Waals surface area (Å²) in [6.07, 6.45) is 1.13. The number of halogens is 1. The highest BCUT2D eigenvalue weighted by Gasteiger charge is 2.12. The van der Waals surface area contributed by atoms with Crippen molar-refractivity contribution in [2.24, 2.45) is 0 Å². The standard InChI is InChI=1S/C12H13ClN2O3S/c1-19(17,18)7-6-15-11(8-13)14-10-5-3-2-4-9(10)12(15)16/h2-5H,6-8H2,1H3. The predicted molar refractivity (Wildman–Crippen MR) is 75.3 cm³/mol. The molecule has 1 aromatic carbocycles. The summed E-state index contributed by atoms with van der Waals surface area (Å²) in [5, 5.41) is 0.463. The molecular formula is C12H13ClN2O3S. The summed E-state index contributed by atoms with van der Waals surface area (Å²) >= 11 is 5.78. The zero-order valence-corrected chi connectivity index (χ0v) is 11.9. The van der Waals surface area contributed by atoms with Crippen molar-refractivity contribution in [2.75, 3.05) is 12.0 Å². The summed E-state index contributed by atoms with van der Waals surface area (Å²) in [6, 6.07) is 6.92. The summed E-state index contributed by atoms with van der Waals surface area (Å²) in [5.74, 6) is 0.328. The molecule has 0 aliphatic rings. The number of benzene rings is 1. The van der Waals surface area contributed by atoms with Gasteiger partial charge in [0.2, 0.25) is 0 Å². The van der Waals surface area contributed by atoms with Crippen LogP contribution in [-0.2, 0) is 22.3 Å². The van der Waals surface area contributed by atoms with Gasteiger partial charge in [0.1, 0.15) is 15.7 Å². The topological polar surface area (TPSA) is 69.0 Å². The van der Waals surface area contributed by atoms with Crippen LogP contribution in [0.25, 0.3) is 10.9 Å². The molecule has 0 amide bonds. The summed E-state index contributed by atoms with van der Waals surface area (Å²) in [6.45, 7) is 0.0670. The third-order valence-corrected chi connectivity index (χ3v) is 3.91. The fourth-order valence-electron chi connectivity index (χ4n) is 1.80. The minimum Gasteiger partial charge on any atom is -0.294 e. The Morgan fingerprint density at radius 3 is 2.63 bits per heavy atom. The summed E-state index contributed by atoms with van der Waals surface area (Å²) in [4.78, 5) is 16.6. The molecule has 0 aliphatic carbocycles. The van der Waals surface area contributed by atoms with E-state index < -0.39 is 9.84 Å². The molecule has 102 valence electrons. The molecule has 0 N–H and O–H groups in total. The van der Waals surface area contributed by atoms with E-state index in [-0.39, 0.29) is 23.7 Å². The van der Waals surface area contributed by atoms with Gasteiger partial charge in [0.25, 0.3) is 5.56 Å². The van der Waals surface area contributed by atoms with Gasteiger partial charge in [-0.05, 0) is 12.1 Å². The fraction of sp³-hybridized carbons (Fsp3) is 0.333. The Morgan fingerprint density at radius 2 is 2.00 bits per heavy atom. The quantitative estimate of drug-likeness (QED) is 0.795. The first-order chi connectivity index (χ1) is 8.92. The van der Waals surface area contributed by atoms with Crippen molar-refractivity contribution in [1.29, 1.82) is 0 Å². The number of hydrogen-bond acceptors (Lipinski definition) is 4.